The summed E-state index contributed by atoms with van der Waals surface area (Å²) in [5.74, 6) is 0. The number of H-pyrrole nitrogens is 1. The van der Waals surface area contributed by atoms with Crippen LogP contribution in [0, 0.1) is 6.92 Å². The first kappa shape index (κ1) is 14.7. The standard InChI is InChI=1S/C18H15N.HI/c1-14-12-17(15-8-4-2-5-9-15)13-18(19-14)16-10-6-3-7-11-16;/h2-13H,1H3;1H. The molecule has 3 rings (SSSR count). The van der Waals surface area contributed by atoms with E-state index >= 15 is 0 Å². The van der Waals surface area contributed by atoms with Gasteiger partial charge in [-0.2, -0.15) is 0 Å². The van der Waals surface area contributed by atoms with Gasteiger partial charge in [0.15, 0.2) is 5.69 Å². The fraction of sp³-hybridized carbons (Fsp3) is 0.0556. The van der Waals surface area contributed by atoms with E-state index in [9.17, 15) is 0 Å². The molecule has 2 heteroatoms. The van der Waals surface area contributed by atoms with Gasteiger partial charge in [0.25, 0.3) is 0 Å². The van der Waals surface area contributed by atoms with Crippen LogP contribution in [0.5, 0.6) is 0 Å². The van der Waals surface area contributed by atoms with Crippen molar-refractivity contribution >= 4 is 0 Å². The number of aryl methyl sites for hydroxylation is 1. The molecule has 2 aromatic carbocycles. The SMILES string of the molecule is Cc1cc(-c2ccccc2)cc(-c2ccccc2)[nH+]1.[I-]. The van der Waals surface area contributed by atoms with Crippen LogP contribution in [0.15, 0.2) is 72.8 Å². The minimum Gasteiger partial charge on any atom is -1.00 e. The lowest BCUT2D eigenvalue weighted by Gasteiger charge is -2.03. The fourth-order valence-corrected chi connectivity index (χ4v) is 2.29. The molecule has 1 heterocycles. The summed E-state index contributed by atoms with van der Waals surface area (Å²) in [4.78, 5) is 3.43. The van der Waals surface area contributed by atoms with Crippen LogP contribution in [0.3, 0.4) is 0 Å². The van der Waals surface area contributed by atoms with Crippen LogP contribution < -0.4 is 29.0 Å². The van der Waals surface area contributed by atoms with E-state index in [1.807, 2.05) is 12.1 Å². The van der Waals surface area contributed by atoms with Crippen molar-refractivity contribution in [1.29, 1.82) is 0 Å². The van der Waals surface area contributed by atoms with Crippen molar-refractivity contribution in [2.75, 3.05) is 0 Å². The van der Waals surface area contributed by atoms with E-state index in [0.29, 0.717) is 0 Å². The van der Waals surface area contributed by atoms with Gasteiger partial charge in [-0.1, -0.05) is 48.5 Å². The van der Waals surface area contributed by atoms with Gasteiger partial charge in [-0.3, -0.25) is 0 Å². The predicted octanol–water partition coefficient (Wildman–Crippen LogP) is 1.15. The van der Waals surface area contributed by atoms with Gasteiger partial charge < -0.3 is 24.0 Å². The number of nitrogens with one attached hydrogen (secondary N) is 1. The Morgan fingerprint density at radius 2 is 1.20 bits per heavy atom. The molecular weight excluding hydrogens is 357 g/mol. The Hall–Kier alpha value is -1.68. The molecule has 20 heavy (non-hydrogen) atoms. The molecule has 0 saturated carbocycles. The third-order valence-electron chi connectivity index (χ3n) is 3.20. The Kier molecular flexibility index (Phi) is 4.90. The van der Waals surface area contributed by atoms with Crippen LogP contribution in [-0.2, 0) is 0 Å². The van der Waals surface area contributed by atoms with Gasteiger partial charge in [0.2, 0.25) is 5.69 Å². The smallest absolute Gasteiger partial charge is 0.211 e. The van der Waals surface area contributed by atoms with Crippen LogP contribution in [0.1, 0.15) is 5.69 Å². The van der Waals surface area contributed by atoms with Gasteiger partial charge >= 0.3 is 0 Å². The van der Waals surface area contributed by atoms with Crippen LogP contribution in [0.4, 0.5) is 0 Å². The molecule has 1 aromatic heterocycles. The summed E-state index contributed by atoms with van der Waals surface area (Å²) in [5.41, 5.74) is 6.02. The molecule has 0 saturated heterocycles. The Labute approximate surface area is 136 Å². The number of rotatable bonds is 2. The van der Waals surface area contributed by atoms with Crippen molar-refractivity contribution in [2.45, 2.75) is 6.92 Å². The number of pyridine rings is 1. The first-order chi connectivity index (χ1) is 9.33. The van der Waals surface area contributed by atoms with Gasteiger partial charge in [0.05, 0.1) is 0 Å². The molecule has 1 N–H and O–H groups in total. The third-order valence-corrected chi connectivity index (χ3v) is 3.20. The molecule has 0 bridgehead atoms. The zero-order chi connectivity index (χ0) is 13.1. The minimum atomic E-state index is 0. The number of aromatic amines is 1. The molecule has 0 spiro atoms. The quantitative estimate of drug-likeness (QED) is 0.599. The highest BCUT2D eigenvalue weighted by Gasteiger charge is 2.09. The van der Waals surface area contributed by atoms with Gasteiger partial charge in [-0.15, -0.1) is 0 Å². The second kappa shape index (κ2) is 6.66. The summed E-state index contributed by atoms with van der Waals surface area (Å²) in [7, 11) is 0. The van der Waals surface area contributed by atoms with Gasteiger partial charge in [-0.25, -0.2) is 4.98 Å². The van der Waals surface area contributed by atoms with Gasteiger partial charge in [-0.05, 0) is 23.3 Å². The van der Waals surface area contributed by atoms with Crippen molar-refractivity contribution in [3.8, 4) is 22.4 Å². The highest BCUT2D eigenvalue weighted by molar-refractivity contribution is 5.68. The molecule has 0 aliphatic heterocycles. The zero-order valence-electron chi connectivity index (χ0n) is 11.3. The molecular formula is C18H16IN. The fourth-order valence-electron chi connectivity index (χ4n) is 2.29. The van der Waals surface area contributed by atoms with E-state index in [0.717, 1.165) is 5.69 Å². The largest absolute Gasteiger partial charge is 1.00 e. The normalized spacial score (nSPS) is 9.85. The van der Waals surface area contributed by atoms with Crippen molar-refractivity contribution in [2.24, 2.45) is 0 Å². The Balaban J connectivity index is 0.00000147. The third kappa shape index (κ3) is 3.25. The van der Waals surface area contributed by atoms with Gasteiger partial charge in [0, 0.05) is 24.6 Å². The minimum absolute atomic E-state index is 0. The molecule has 100 valence electrons. The average molecular weight is 373 g/mol. The summed E-state index contributed by atoms with van der Waals surface area (Å²) >= 11 is 0. The van der Waals surface area contributed by atoms with Crippen LogP contribution >= 0.6 is 0 Å². The molecule has 0 aliphatic carbocycles. The number of benzene rings is 2. The summed E-state index contributed by atoms with van der Waals surface area (Å²) in [6.45, 7) is 2.10. The molecule has 0 unspecified atom stereocenters. The van der Waals surface area contributed by atoms with Gasteiger partial charge in [0.1, 0.15) is 0 Å². The Bertz CT molecular complexity index is 621. The second-order valence-electron chi connectivity index (χ2n) is 4.70. The lowest BCUT2D eigenvalue weighted by atomic mass is 10.0. The Morgan fingerprint density at radius 1 is 0.650 bits per heavy atom. The summed E-state index contributed by atoms with van der Waals surface area (Å²) in [5, 5.41) is 0. The first-order valence-electron chi connectivity index (χ1n) is 6.48. The first-order valence-corrected chi connectivity index (χ1v) is 6.48. The summed E-state index contributed by atoms with van der Waals surface area (Å²) in [6.07, 6.45) is 0. The maximum absolute atomic E-state index is 3.43. The zero-order valence-corrected chi connectivity index (χ0v) is 13.5. The van der Waals surface area contributed by atoms with Crippen LogP contribution in [0.2, 0.25) is 0 Å². The maximum atomic E-state index is 3.43. The molecule has 1 nitrogen and oxygen atoms in total. The lowest BCUT2D eigenvalue weighted by Crippen LogP contribution is -3.00. The molecule has 3 aromatic rings. The van der Waals surface area contributed by atoms with Crippen LogP contribution in [-0.4, -0.2) is 0 Å². The average Bonchev–Trinajstić information content (AvgIpc) is 2.48. The molecule has 0 amide bonds. The van der Waals surface area contributed by atoms with Crippen LogP contribution in [0.25, 0.3) is 22.4 Å². The van der Waals surface area contributed by atoms with Crippen molar-refractivity contribution in [3.63, 3.8) is 0 Å². The van der Waals surface area contributed by atoms with Crippen molar-refractivity contribution < 1.29 is 29.0 Å². The van der Waals surface area contributed by atoms with E-state index in [4.69, 9.17) is 0 Å². The molecule has 0 radical (unpaired) electrons. The Morgan fingerprint density at radius 3 is 1.80 bits per heavy atom. The molecule has 0 atom stereocenters. The van der Waals surface area contributed by atoms with E-state index in [1.165, 1.54) is 22.4 Å². The van der Waals surface area contributed by atoms with Crippen molar-refractivity contribution in [1.82, 2.24) is 0 Å². The van der Waals surface area contributed by atoms with E-state index in [1.54, 1.807) is 0 Å². The summed E-state index contributed by atoms with van der Waals surface area (Å²) < 4.78 is 0. The monoisotopic (exact) mass is 373 g/mol. The number of aromatic nitrogens is 1. The lowest BCUT2D eigenvalue weighted by molar-refractivity contribution is -0.374. The summed E-state index contributed by atoms with van der Waals surface area (Å²) in [6, 6.07) is 25.3. The highest BCUT2D eigenvalue weighted by atomic mass is 127. The van der Waals surface area contributed by atoms with Crippen molar-refractivity contribution in [3.05, 3.63) is 78.5 Å². The number of hydrogen-bond acceptors (Lipinski definition) is 0. The van der Waals surface area contributed by atoms with E-state index in [2.05, 4.69) is 72.6 Å². The predicted molar refractivity (Wildman–Crippen MR) is 78.6 cm³/mol. The topological polar surface area (TPSA) is 14.1 Å². The highest BCUT2D eigenvalue weighted by Crippen LogP contribution is 2.23. The maximum Gasteiger partial charge on any atom is 0.211 e. The van der Waals surface area contributed by atoms with E-state index < -0.39 is 0 Å². The molecule has 0 fully saturated rings. The molecule has 0 aliphatic rings. The number of halogens is 1. The second-order valence-corrected chi connectivity index (χ2v) is 4.70. The number of hydrogen-bond donors (Lipinski definition) is 0. The van der Waals surface area contributed by atoms with E-state index in [-0.39, 0.29) is 24.0 Å².